The van der Waals surface area contributed by atoms with Crippen LogP contribution in [0.15, 0.2) is 54.6 Å². The van der Waals surface area contributed by atoms with Gasteiger partial charge in [0, 0.05) is 24.0 Å². The van der Waals surface area contributed by atoms with Gasteiger partial charge in [0.2, 0.25) is 0 Å². The van der Waals surface area contributed by atoms with Crippen molar-refractivity contribution in [2.75, 3.05) is 18.0 Å². The van der Waals surface area contributed by atoms with Crippen LogP contribution in [0.3, 0.4) is 0 Å². The number of para-hydroxylation sites is 1. The number of rotatable bonds is 5. The monoisotopic (exact) mass is 373 g/mol. The maximum atomic E-state index is 13.4. The van der Waals surface area contributed by atoms with Gasteiger partial charge in [-0.15, -0.1) is 0 Å². The van der Waals surface area contributed by atoms with Gasteiger partial charge in [0.05, 0.1) is 17.1 Å². The van der Waals surface area contributed by atoms with E-state index in [4.69, 9.17) is 4.98 Å². The lowest BCUT2D eigenvalue weighted by Crippen LogP contribution is -2.30. The first-order valence-corrected chi connectivity index (χ1v) is 10.2. The number of pyridine rings is 1. The summed E-state index contributed by atoms with van der Waals surface area (Å²) in [7, 11) is 0. The van der Waals surface area contributed by atoms with Crippen LogP contribution >= 0.6 is 0 Å². The number of hydrogen-bond donors (Lipinski definition) is 1. The zero-order valence-electron chi connectivity index (χ0n) is 16.6. The van der Waals surface area contributed by atoms with Crippen LogP contribution in [0.5, 0.6) is 0 Å². The van der Waals surface area contributed by atoms with Crippen LogP contribution in [-0.2, 0) is 0 Å². The molecule has 144 valence electrons. The van der Waals surface area contributed by atoms with E-state index >= 15 is 0 Å². The van der Waals surface area contributed by atoms with E-state index in [9.17, 15) is 4.79 Å². The Morgan fingerprint density at radius 1 is 1.07 bits per heavy atom. The van der Waals surface area contributed by atoms with Crippen molar-refractivity contribution in [2.24, 2.45) is 0 Å². The van der Waals surface area contributed by atoms with Gasteiger partial charge in [0.15, 0.2) is 0 Å². The number of fused-ring (bicyclic) bond motifs is 1. The Labute approximate surface area is 166 Å². The number of aromatic nitrogens is 1. The Morgan fingerprint density at radius 3 is 2.46 bits per heavy atom. The Morgan fingerprint density at radius 2 is 1.75 bits per heavy atom. The summed E-state index contributed by atoms with van der Waals surface area (Å²) in [5, 5.41) is 4.18. The molecule has 0 spiro atoms. The normalized spacial score (nSPS) is 15.0. The fraction of sp³-hybridized carbons (Fsp3) is 0.333. The Hall–Kier alpha value is -2.88. The molecule has 0 radical (unpaired) electrons. The molecule has 1 amide bonds. The smallest absolute Gasteiger partial charge is 0.252 e. The van der Waals surface area contributed by atoms with Gasteiger partial charge < -0.3 is 10.2 Å². The maximum Gasteiger partial charge on any atom is 0.252 e. The van der Waals surface area contributed by atoms with Crippen LogP contribution in [-0.4, -0.2) is 24.0 Å². The highest BCUT2D eigenvalue weighted by Crippen LogP contribution is 2.31. The summed E-state index contributed by atoms with van der Waals surface area (Å²) in [5.41, 5.74) is 3.74. The van der Waals surface area contributed by atoms with Gasteiger partial charge in [-0.1, -0.05) is 55.5 Å². The molecule has 1 unspecified atom stereocenters. The minimum absolute atomic E-state index is 0.00438. The Kier molecular flexibility index (Phi) is 5.29. The first-order chi connectivity index (χ1) is 13.7. The average molecular weight is 374 g/mol. The van der Waals surface area contributed by atoms with Gasteiger partial charge >= 0.3 is 0 Å². The minimum Gasteiger partial charge on any atom is -0.356 e. The number of carbonyl (C=O) groups is 1. The van der Waals surface area contributed by atoms with Gasteiger partial charge in [-0.2, -0.15) is 0 Å². The second-order valence-electron chi connectivity index (χ2n) is 7.49. The third-order valence-corrected chi connectivity index (χ3v) is 5.66. The third kappa shape index (κ3) is 3.47. The van der Waals surface area contributed by atoms with Crippen molar-refractivity contribution >= 4 is 22.6 Å². The molecule has 1 aromatic heterocycles. The van der Waals surface area contributed by atoms with Gasteiger partial charge in [-0.05, 0) is 37.8 Å². The van der Waals surface area contributed by atoms with Crippen molar-refractivity contribution in [2.45, 2.75) is 39.2 Å². The van der Waals surface area contributed by atoms with Gasteiger partial charge in [0.25, 0.3) is 5.91 Å². The number of nitrogens with zero attached hydrogens (tertiary/aromatic N) is 2. The average Bonchev–Trinajstić information content (AvgIpc) is 3.26. The Bertz CT molecular complexity index is 978. The van der Waals surface area contributed by atoms with E-state index in [1.165, 1.54) is 12.8 Å². The van der Waals surface area contributed by atoms with Gasteiger partial charge in [-0.3, -0.25) is 4.79 Å². The molecular weight excluding hydrogens is 346 g/mol. The van der Waals surface area contributed by atoms with E-state index < -0.39 is 0 Å². The molecule has 2 heterocycles. The summed E-state index contributed by atoms with van der Waals surface area (Å²) >= 11 is 0. The predicted octanol–water partition coefficient (Wildman–Crippen LogP) is 5.02. The van der Waals surface area contributed by atoms with Crippen molar-refractivity contribution in [3.05, 3.63) is 71.3 Å². The lowest BCUT2D eigenvalue weighted by Gasteiger charge is -2.23. The van der Waals surface area contributed by atoms with E-state index in [0.717, 1.165) is 52.9 Å². The van der Waals surface area contributed by atoms with Crippen LogP contribution in [0.1, 0.15) is 53.7 Å². The van der Waals surface area contributed by atoms with Crippen molar-refractivity contribution in [3.63, 3.8) is 0 Å². The second kappa shape index (κ2) is 8.01. The van der Waals surface area contributed by atoms with Gasteiger partial charge in [0.1, 0.15) is 5.82 Å². The first kappa shape index (κ1) is 18.5. The van der Waals surface area contributed by atoms with Gasteiger partial charge in [-0.25, -0.2) is 4.98 Å². The highest BCUT2D eigenvalue weighted by molar-refractivity contribution is 6.08. The molecular formula is C24H27N3O. The zero-order chi connectivity index (χ0) is 19.5. The van der Waals surface area contributed by atoms with E-state index in [2.05, 4.69) is 29.3 Å². The number of amides is 1. The molecule has 1 aliphatic heterocycles. The molecule has 1 atom stereocenters. The summed E-state index contributed by atoms with van der Waals surface area (Å²) in [5.74, 6) is 0.932. The molecule has 0 aliphatic carbocycles. The molecule has 28 heavy (non-hydrogen) atoms. The fourth-order valence-corrected chi connectivity index (χ4v) is 4.16. The second-order valence-corrected chi connectivity index (χ2v) is 7.49. The summed E-state index contributed by atoms with van der Waals surface area (Å²) < 4.78 is 0. The van der Waals surface area contributed by atoms with E-state index in [0.29, 0.717) is 0 Å². The quantitative estimate of drug-likeness (QED) is 0.683. The molecule has 4 nitrogen and oxygen atoms in total. The molecule has 1 saturated heterocycles. The summed E-state index contributed by atoms with van der Waals surface area (Å²) in [6, 6.07) is 18.1. The van der Waals surface area contributed by atoms with Crippen LogP contribution < -0.4 is 10.2 Å². The topological polar surface area (TPSA) is 45.2 Å². The highest BCUT2D eigenvalue weighted by Gasteiger charge is 2.24. The summed E-state index contributed by atoms with van der Waals surface area (Å²) in [6.45, 7) is 6.15. The van der Waals surface area contributed by atoms with Crippen LogP contribution in [0.25, 0.3) is 10.9 Å². The number of anilines is 1. The molecule has 1 aliphatic rings. The van der Waals surface area contributed by atoms with Crippen LogP contribution in [0.2, 0.25) is 0 Å². The van der Waals surface area contributed by atoms with Crippen molar-refractivity contribution in [1.29, 1.82) is 0 Å². The predicted molar refractivity (Wildman–Crippen MR) is 115 cm³/mol. The van der Waals surface area contributed by atoms with Crippen molar-refractivity contribution in [3.8, 4) is 0 Å². The molecule has 0 bridgehead atoms. The third-order valence-electron chi connectivity index (χ3n) is 5.66. The lowest BCUT2D eigenvalue weighted by atomic mass is 10.00. The molecule has 4 heteroatoms. The van der Waals surface area contributed by atoms with Crippen LogP contribution in [0.4, 0.5) is 5.82 Å². The number of benzene rings is 2. The SMILES string of the molecule is CCC(NC(=O)c1c(C)c(N2CCCC2)nc2ccccc12)c1ccccc1. The van der Waals surface area contributed by atoms with Crippen molar-refractivity contribution < 1.29 is 4.79 Å². The summed E-state index contributed by atoms with van der Waals surface area (Å²) in [4.78, 5) is 20.6. The lowest BCUT2D eigenvalue weighted by molar-refractivity contribution is 0.0936. The van der Waals surface area contributed by atoms with Crippen LogP contribution in [0, 0.1) is 6.92 Å². The first-order valence-electron chi connectivity index (χ1n) is 10.2. The van der Waals surface area contributed by atoms with E-state index in [1.54, 1.807) is 0 Å². The van der Waals surface area contributed by atoms with Crippen molar-refractivity contribution in [1.82, 2.24) is 10.3 Å². The number of carbonyl (C=O) groups excluding carboxylic acids is 1. The number of nitrogens with one attached hydrogen (secondary N) is 1. The minimum atomic E-state index is -0.0211. The zero-order valence-corrected chi connectivity index (χ0v) is 16.6. The molecule has 2 aromatic carbocycles. The molecule has 4 rings (SSSR count). The molecule has 3 aromatic rings. The van der Waals surface area contributed by atoms with E-state index in [1.807, 2.05) is 49.4 Å². The standard InChI is InChI=1S/C24H27N3O/c1-3-20(18-11-5-4-6-12-18)26-24(28)22-17(2)23(27-15-9-10-16-27)25-21-14-8-7-13-19(21)22/h4-8,11-14,20H,3,9-10,15-16H2,1-2H3,(H,26,28). The Balaban J connectivity index is 1.76. The largest absolute Gasteiger partial charge is 0.356 e. The molecule has 1 fully saturated rings. The highest BCUT2D eigenvalue weighted by atomic mass is 16.1. The number of hydrogen-bond acceptors (Lipinski definition) is 3. The molecule has 1 N–H and O–H groups in total. The molecule has 0 saturated carbocycles. The van der Waals surface area contributed by atoms with E-state index in [-0.39, 0.29) is 11.9 Å². The maximum absolute atomic E-state index is 13.4. The summed E-state index contributed by atoms with van der Waals surface area (Å²) in [6.07, 6.45) is 3.21. The fourth-order valence-electron chi connectivity index (χ4n) is 4.16.